The highest BCUT2D eigenvalue weighted by atomic mass is 32.2. The third-order valence-electron chi connectivity index (χ3n) is 3.73. The van der Waals surface area contributed by atoms with Gasteiger partial charge in [0, 0.05) is 24.5 Å². The molecule has 0 radical (unpaired) electrons. The molecule has 0 unspecified atom stereocenters. The maximum atomic E-state index is 12.4. The van der Waals surface area contributed by atoms with Crippen LogP contribution in [0.5, 0.6) is 0 Å². The van der Waals surface area contributed by atoms with E-state index in [1.807, 2.05) is 4.90 Å². The van der Waals surface area contributed by atoms with Gasteiger partial charge in [0.25, 0.3) is 0 Å². The molecule has 1 aromatic carbocycles. The Bertz CT molecular complexity index is 619. The lowest BCUT2D eigenvalue weighted by atomic mass is 10.1. The number of amides is 2. The lowest BCUT2D eigenvalue weighted by Gasteiger charge is -2.23. The van der Waals surface area contributed by atoms with Gasteiger partial charge in [-0.2, -0.15) is 0 Å². The van der Waals surface area contributed by atoms with Gasteiger partial charge in [-0.1, -0.05) is 13.8 Å². The van der Waals surface area contributed by atoms with E-state index in [-0.39, 0.29) is 10.9 Å². The summed E-state index contributed by atoms with van der Waals surface area (Å²) in [7, 11) is -3.21. The first-order valence-electron chi connectivity index (χ1n) is 7.65. The molecule has 5 nitrogen and oxygen atoms in total. The van der Waals surface area contributed by atoms with E-state index in [4.69, 9.17) is 0 Å². The molecule has 1 aromatic rings. The fourth-order valence-electron chi connectivity index (χ4n) is 2.21. The van der Waals surface area contributed by atoms with E-state index in [1.54, 1.807) is 12.1 Å². The summed E-state index contributed by atoms with van der Waals surface area (Å²) in [6, 6.07) is 6.54. The summed E-state index contributed by atoms with van der Waals surface area (Å²) in [4.78, 5) is 14.5. The molecule has 22 heavy (non-hydrogen) atoms. The van der Waals surface area contributed by atoms with Gasteiger partial charge < -0.3 is 10.2 Å². The molecular formula is C16H24N2O3S. The third-order valence-corrected chi connectivity index (χ3v) is 4.86. The van der Waals surface area contributed by atoms with Gasteiger partial charge in [-0.3, -0.25) is 0 Å². The summed E-state index contributed by atoms with van der Waals surface area (Å²) in [5, 5.41) is 2.86. The molecule has 0 atom stereocenters. The standard InChI is InChI=1S/C16H24N2O3S/c1-12(2)10-11-18(14-6-7-14)16(19)17-13-4-8-15(9-5-13)22(3,20)21/h4-5,8-9,12,14H,6-7,10-11H2,1-3H3,(H,17,19). The Kier molecular flexibility index (Phi) is 5.11. The number of nitrogens with one attached hydrogen (secondary N) is 1. The number of nitrogens with zero attached hydrogens (tertiary/aromatic N) is 1. The van der Waals surface area contributed by atoms with Crippen molar-refractivity contribution in [1.29, 1.82) is 0 Å². The molecule has 1 aliphatic rings. The zero-order valence-corrected chi connectivity index (χ0v) is 14.2. The molecule has 1 N–H and O–H groups in total. The third kappa shape index (κ3) is 4.73. The molecule has 6 heteroatoms. The lowest BCUT2D eigenvalue weighted by molar-refractivity contribution is 0.205. The van der Waals surface area contributed by atoms with Crippen LogP contribution in [0.3, 0.4) is 0 Å². The number of hydrogen-bond donors (Lipinski definition) is 1. The Morgan fingerprint density at radius 1 is 1.27 bits per heavy atom. The number of carbonyl (C=O) groups is 1. The Morgan fingerprint density at radius 2 is 1.86 bits per heavy atom. The molecule has 0 aliphatic heterocycles. The zero-order valence-electron chi connectivity index (χ0n) is 13.4. The fraction of sp³-hybridized carbons (Fsp3) is 0.562. The van der Waals surface area contributed by atoms with Gasteiger partial charge in [0.15, 0.2) is 9.84 Å². The van der Waals surface area contributed by atoms with Crippen LogP contribution < -0.4 is 5.32 Å². The number of sulfone groups is 1. The van der Waals surface area contributed by atoms with Crippen LogP contribution in [0.25, 0.3) is 0 Å². The number of hydrogen-bond acceptors (Lipinski definition) is 3. The maximum absolute atomic E-state index is 12.4. The Hall–Kier alpha value is -1.56. The summed E-state index contributed by atoms with van der Waals surface area (Å²) in [6.45, 7) is 5.05. The van der Waals surface area contributed by atoms with Crippen molar-refractivity contribution in [1.82, 2.24) is 4.90 Å². The molecule has 2 amide bonds. The molecule has 0 spiro atoms. The predicted molar refractivity (Wildman–Crippen MR) is 87.8 cm³/mol. The Balaban J connectivity index is 2.00. The van der Waals surface area contributed by atoms with Crippen LogP contribution >= 0.6 is 0 Å². The van der Waals surface area contributed by atoms with Crippen molar-refractivity contribution < 1.29 is 13.2 Å². The number of anilines is 1. The van der Waals surface area contributed by atoms with Gasteiger partial charge in [0.1, 0.15) is 0 Å². The molecule has 1 saturated carbocycles. The van der Waals surface area contributed by atoms with E-state index < -0.39 is 9.84 Å². The average Bonchev–Trinajstić information content (AvgIpc) is 3.22. The van der Waals surface area contributed by atoms with Crippen molar-refractivity contribution in [2.75, 3.05) is 18.1 Å². The van der Waals surface area contributed by atoms with Crippen LogP contribution in [0.15, 0.2) is 29.2 Å². The first kappa shape index (κ1) is 16.8. The van der Waals surface area contributed by atoms with E-state index in [1.165, 1.54) is 18.4 Å². The van der Waals surface area contributed by atoms with Crippen LogP contribution in [0.2, 0.25) is 0 Å². The van der Waals surface area contributed by atoms with E-state index in [2.05, 4.69) is 19.2 Å². The molecule has 1 fully saturated rings. The largest absolute Gasteiger partial charge is 0.322 e. The molecule has 0 aromatic heterocycles. The quantitative estimate of drug-likeness (QED) is 0.874. The van der Waals surface area contributed by atoms with Gasteiger partial charge in [-0.05, 0) is 49.4 Å². The first-order valence-corrected chi connectivity index (χ1v) is 9.54. The minimum Gasteiger partial charge on any atom is -0.322 e. The van der Waals surface area contributed by atoms with Gasteiger partial charge in [0.2, 0.25) is 0 Å². The van der Waals surface area contributed by atoms with Crippen molar-refractivity contribution in [2.24, 2.45) is 5.92 Å². The van der Waals surface area contributed by atoms with Crippen molar-refractivity contribution in [2.45, 2.75) is 44.0 Å². The number of carbonyl (C=O) groups excluding carboxylic acids is 1. The first-order chi connectivity index (χ1) is 10.3. The van der Waals surface area contributed by atoms with Crippen molar-refractivity contribution in [3.8, 4) is 0 Å². The van der Waals surface area contributed by atoms with Gasteiger partial charge >= 0.3 is 6.03 Å². The molecule has 0 saturated heterocycles. The molecule has 0 heterocycles. The average molecular weight is 324 g/mol. The Labute approximate surface area is 132 Å². The van der Waals surface area contributed by atoms with Gasteiger partial charge in [-0.15, -0.1) is 0 Å². The summed E-state index contributed by atoms with van der Waals surface area (Å²) < 4.78 is 22.9. The van der Waals surface area contributed by atoms with E-state index in [9.17, 15) is 13.2 Å². The summed E-state index contributed by atoms with van der Waals surface area (Å²) in [5.74, 6) is 0.558. The molecule has 122 valence electrons. The smallest absolute Gasteiger partial charge is 0.322 e. The van der Waals surface area contributed by atoms with Crippen LogP contribution in [0.4, 0.5) is 10.5 Å². The van der Waals surface area contributed by atoms with Crippen molar-refractivity contribution in [3.63, 3.8) is 0 Å². The topological polar surface area (TPSA) is 66.5 Å². The van der Waals surface area contributed by atoms with E-state index >= 15 is 0 Å². The number of urea groups is 1. The summed E-state index contributed by atoms with van der Waals surface area (Å²) in [5.41, 5.74) is 0.618. The van der Waals surface area contributed by atoms with Crippen LogP contribution in [0.1, 0.15) is 33.1 Å². The maximum Gasteiger partial charge on any atom is 0.322 e. The second-order valence-corrected chi connectivity index (χ2v) is 8.35. The van der Waals surface area contributed by atoms with Crippen LogP contribution in [-0.2, 0) is 9.84 Å². The van der Waals surface area contributed by atoms with Crippen molar-refractivity contribution in [3.05, 3.63) is 24.3 Å². The monoisotopic (exact) mass is 324 g/mol. The normalized spacial score (nSPS) is 14.9. The molecule has 2 rings (SSSR count). The van der Waals surface area contributed by atoms with Gasteiger partial charge in [0.05, 0.1) is 4.90 Å². The summed E-state index contributed by atoms with van der Waals surface area (Å²) >= 11 is 0. The Morgan fingerprint density at radius 3 is 2.32 bits per heavy atom. The van der Waals surface area contributed by atoms with Gasteiger partial charge in [-0.25, -0.2) is 13.2 Å². The molecule has 1 aliphatic carbocycles. The van der Waals surface area contributed by atoms with Crippen LogP contribution in [-0.4, -0.2) is 38.2 Å². The van der Waals surface area contributed by atoms with Crippen LogP contribution in [0, 0.1) is 5.92 Å². The second-order valence-electron chi connectivity index (χ2n) is 6.33. The number of benzene rings is 1. The van der Waals surface area contributed by atoms with Crippen molar-refractivity contribution >= 4 is 21.6 Å². The fourth-order valence-corrected chi connectivity index (χ4v) is 2.84. The highest BCUT2D eigenvalue weighted by Crippen LogP contribution is 2.28. The molecular weight excluding hydrogens is 300 g/mol. The highest BCUT2D eigenvalue weighted by molar-refractivity contribution is 7.90. The SMILES string of the molecule is CC(C)CCN(C(=O)Nc1ccc(S(C)(=O)=O)cc1)C1CC1. The van der Waals surface area contributed by atoms with E-state index in [0.717, 1.165) is 25.8 Å². The predicted octanol–water partition coefficient (Wildman–Crippen LogP) is 3.13. The second kappa shape index (κ2) is 6.69. The summed E-state index contributed by atoms with van der Waals surface area (Å²) in [6.07, 6.45) is 4.29. The lowest BCUT2D eigenvalue weighted by Crippen LogP contribution is -2.37. The molecule has 0 bridgehead atoms. The minimum atomic E-state index is -3.21. The van der Waals surface area contributed by atoms with E-state index in [0.29, 0.717) is 17.6 Å². The number of rotatable bonds is 6. The zero-order chi connectivity index (χ0) is 16.3. The highest BCUT2D eigenvalue weighted by Gasteiger charge is 2.32. The minimum absolute atomic E-state index is 0.102.